The smallest absolute Gasteiger partial charge is 0.343 e. The second kappa shape index (κ2) is 2.42. The number of nitrogens with zero attached hydrogens (tertiary/aromatic N) is 1. The number of nitrogens with two attached hydrogens (primary N) is 1. The molecule has 0 aliphatic carbocycles. The number of hydrogen-bond donors (Lipinski definition) is 1. The number of rotatable bonds is 1. The molecule has 0 bridgehead atoms. The summed E-state index contributed by atoms with van der Waals surface area (Å²) in [5.41, 5.74) is 5.26. The highest BCUT2D eigenvalue weighted by molar-refractivity contribution is 7.88. The highest BCUT2D eigenvalue weighted by atomic mass is 32.3. The third kappa shape index (κ3) is 1.66. The van der Waals surface area contributed by atoms with Crippen LogP contribution < -0.4 is 5.73 Å². The molecule has 11 heavy (non-hydrogen) atoms. The molecule has 0 fully saturated rings. The van der Waals surface area contributed by atoms with Crippen LogP contribution in [-0.2, 0) is 10.2 Å². The lowest BCUT2D eigenvalue weighted by Gasteiger charge is -1.85. The van der Waals surface area contributed by atoms with Gasteiger partial charge in [-0.3, -0.25) is 0 Å². The summed E-state index contributed by atoms with van der Waals surface area (Å²) < 4.78 is 32.5. The Morgan fingerprint density at radius 2 is 2.18 bits per heavy atom. The summed E-state index contributed by atoms with van der Waals surface area (Å²) in [5.74, 6) is 0. The molecule has 1 aromatic rings. The first kappa shape index (κ1) is 8.41. The van der Waals surface area contributed by atoms with Crippen LogP contribution >= 0.6 is 11.3 Å². The molecule has 0 saturated carbocycles. The number of nitrogen functional groups attached to an aromatic ring is 1. The Bertz CT molecular complexity index is 369. The molecule has 0 aromatic carbocycles. The first-order chi connectivity index (χ1) is 4.91. The second-order valence-corrected chi connectivity index (χ2v) is 4.44. The summed E-state index contributed by atoms with van der Waals surface area (Å²) in [6, 6.07) is 0. The van der Waals surface area contributed by atoms with Gasteiger partial charge in [0, 0.05) is 0 Å². The second-order valence-electron chi connectivity index (χ2n) is 1.86. The number of aryl methyl sites for hydroxylation is 1. The number of aromatic nitrogens is 1. The van der Waals surface area contributed by atoms with Gasteiger partial charge in [-0.2, -0.15) is 8.42 Å². The van der Waals surface area contributed by atoms with Crippen molar-refractivity contribution in [2.75, 3.05) is 5.73 Å². The van der Waals surface area contributed by atoms with Crippen molar-refractivity contribution in [3.63, 3.8) is 0 Å². The minimum absolute atomic E-state index is 0.0544. The molecule has 62 valence electrons. The number of thiazole rings is 1. The Morgan fingerprint density at radius 1 is 1.64 bits per heavy atom. The lowest BCUT2D eigenvalue weighted by Crippen LogP contribution is -1.90. The van der Waals surface area contributed by atoms with Crippen LogP contribution in [0.5, 0.6) is 0 Å². The molecule has 2 N–H and O–H groups in total. The topological polar surface area (TPSA) is 73.0 Å². The van der Waals surface area contributed by atoms with Crippen molar-refractivity contribution in [3.8, 4) is 0 Å². The summed E-state index contributed by atoms with van der Waals surface area (Å²) >= 11 is 0.625. The molecule has 0 radical (unpaired) electrons. The quantitative estimate of drug-likeness (QED) is 0.671. The van der Waals surface area contributed by atoms with E-state index in [1.165, 1.54) is 6.92 Å². The van der Waals surface area contributed by atoms with Gasteiger partial charge >= 0.3 is 10.2 Å². The fourth-order valence-corrected chi connectivity index (χ4v) is 2.25. The maximum absolute atomic E-state index is 12.3. The van der Waals surface area contributed by atoms with E-state index >= 15 is 0 Å². The zero-order valence-electron chi connectivity index (χ0n) is 5.54. The van der Waals surface area contributed by atoms with E-state index in [4.69, 9.17) is 5.73 Å². The fraction of sp³-hybridized carbons (Fsp3) is 0.250. The summed E-state index contributed by atoms with van der Waals surface area (Å²) in [6.45, 7) is 1.39. The summed E-state index contributed by atoms with van der Waals surface area (Å²) in [4.78, 5) is 3.55. The van der Waals surface area contributed by atoms with Gasteiger partial charge in [-0.25, -0.2) is 4.98 Å². The van der Waals surface area contributed by atoms with Gasteiger partial charge in [0.2, 0.25) is 0 Å². The van der Waals surface area contributed by atoms with Crippen LogP contribution in [0.1, 0.15) is 5.69 Å². The average molecular weight is 196 g/mol. The van der Waals surface area contributed by atoms with Crippen molar-refractivity contribution >= 4 is 26.7 Å². The van der Waals surface area contributed by atoms with E-state index < -0.39 is 14.4 Å². The van der Waals surface area contributed by atoms with Crippen LogP contribution in [-0.4, -0.2) is 13.4 Å². The predicted octanol–water partition coefficient (Wildman–Crippen LogP) is 0.692. The van der Waals surface area contributed by atoms with Crippen molar-refractivity contribution in [2.24, 2.45) is 0 Å². The molecule has 1 heterocycles. The van der Waals surface area contributed by atoms with Gasteiger partial charge in [0.1, 0.15) is 0 Å². The van der Waals surface area contributed by atoms with Crippen LogP contribution in [0.4, 0.5) is 9.02 Å². The zero-order valence-corrected chi connectivity index (χ0v) is 7.17. The third-order valence-corrected chi connectivity index (χ3v) is 3.36. The largest absolute Gasteiger partial charge is 0.375 e. The lowest BCUT2D eigenvalue weighted by molar-refractivity contribution is 0.553. The molecular weight excluding hydrogens is 191 g/mol. The monoisotopic (exact) mass is 196 g/mol. The molecule has 0 aliphatic heterocycles. The first-order valence-corrected chi connectivity index (χ1v) is 4.79. The molecule has 0 atom stereocenters. The molecule has 1 rings (SSSR count). The van der Waals surface area contributed by atoms with Crippen LogP contribution in [0.25, 0.3) is 0 Å². The van der Waals surface area contributed by atoms with E-state index in [2.05, 4.69) is 4.98 Å². The van der Waals surface area contributed by atoms with Gasteiger partial charge in [0.25, 0.3) is 0 Å². The predicted molar refractivity (Wildman–Crippen MR) is 39.6 cm³/mol. The number of hydrogen-bond acceptors (Lipinski definition) is 5. The van der Waals surface area contributed by atoms with E-state index in [0.717, 1.165) is 0 Å². The van der Waals surface area contributed by atoms with Gasteiger partial charge in [0.05, 0.1) is 5.69 Å². The molecule has 1 aromatic heterocycles. The normalized spacial score (nSPS) is 11.8. The van der Waals surface area contributed by atoms with Gasteiger partial charge in [0.15, 0.2) is 9.34 Å². The highest BCUT2D eigenvalue weighted by Crippen LogP contribution is 2.25. The maximum atomic E-state index is 12.3. The molecule has 7 heteroatoms. The molecule has 0 saturated heterocycles. The first-order valence-electron chi connectivity index (χ1n) is 2.59. The van der Waals surface area contributed by atoms with Crippen LogP contribution in [0.2, 0.25) is 0 Å². The van der Waals surface area contributed by atoms with Crippen molar-refractivity contribution in [3.05, 3.63) is 5.69 Å². The van der Waals surface area contributed by atoms with E-state index in [1.54, 1.807) is 0 Å². The number of halogens is 1. The zero-order chi connectivity index (χ0) is 8.65. The Labute approximate surface area is 67.1 Å². The lowest BCUT2D eigenvalue weighted by atomic mass is 10.6. The summed E-state index contributed by atoms with van der Waals surface area (Å²) in [6.07, 6.45) is 0. The average Bonchev–Trinajstić information content (AvgIpc) is 2.08. The Balaban J connectivity index is 3.36. The van der Waals surface area contributed by atoms with Crippen molar-refractivity contribution in [1.82, 2.24) is 4.98 Å². The minimum Gasteiger partial charge on any atom is -0.375 e. The van der Waals surface area contributed by atoms with Gasteiger partial charge in [-0.1, -0.05) is 15.2 Å². The van der Waals surface area contributed by atoms with Crippen LogP contribution in [0.3, 0.4) is 0 Å². The molecular formula is C4H5FN2O2S2. The van der Waals surface area contributed by atoms with E-state index in [-0.39, 0.29) is 10.8 Å². The van der Waals surface area contributed by atoms with Gasteiger partial charge in [-0.05, 0) is 6.92 Å². The molecule has 4 nitrogen and oxygen atoms in total. The fourth-order valence-electron chi connectivity index (χ4n) is 0.629. The van der Waals surface area contributed by atoms with Crippen molar-refractivity contribution < 1.29 is 12.3 Å². The molecule has 0 amide bonds. The Kier molecular flexibility index (Phi) is 1.85. The van der Waals surface area contributed by atoms with E-state index in [9.17, 15) is 12.3 Å². The summed E-state index contributed by atoms with van der Waals surface area (Å²) in [5, 5.41) is 0.0544. The van der Waals surface area contributed by atoms with Gasteiger partial charge in [-0.15, -0.1) is 0 Å². The maximum Gasteiger partial charge on any atom is 0.343 e. The number of anilines is 1. The van der Waals surface area contributed by atoms with Crippen LogP contribution in [0.15, 0.2) is 4.21 Å². The summed E-state index contributed by atoms with van der Waals surface area (Å²) in [7, 11) is -4.64. The third-order valence-electron chi connectivity index (χ3n) is 0.992. The van der Waals surface area contributed by atoms with E-state index in [1.807, 2.05) is 0 Å². The Morgan fingerprint density at radius 3 is 2.36 bits per heavy atom. The Hall–Kier alpha value is -0.690. The van der Waals surface area contributed by atoms with Gasteiger partial charge < -0.3 is 5.73 Å². The molecule has 0 aliphatic rings. The van der Waals surface area contributed by atoms with E-state index in [0.29, 0.717) is 11.3 Å². The highest BCUT2D eigenvalue weighted by Gasteiger charge is 2.19. The van der Waals surface area contributed by atoms with Crippen LogP contribution in [0, 0.1) is 6.92 Å². The van der Waals surface area contributed by atoms with Crippen molar-refractivity contribution in [1.29, 1.82) is 0 Å². The molecule has 0 unspecified atom stereocenters. The standard InChI is InChI=1S/C4H5FN2O2S2/c1-2-3(11(5,8)9)10-4(6)7-2/h1H3,(H2,6,7). The minimum atomic E-state index is -4.64. The van der Waals surface area contributed by atoms with Crippen molar-refractivity contribution in [2.45, 2.75) is 11.1 Å². The SMILES string of the molecule is Cc1nc(N)sc1S(=O)(=O)F. The molecule has 0 spiro atoms.